The van der Waals surface area contributed by atoms with Gasteiger partial charge in [-0.15, -0.1) is 5.10 Å². The molecule has 1 aliphatic rings. The van der Waals surface area contributed by atoms with Crippen molar-refractivity contribution in [2.45, 2.75) is 0 Å². The number of ether oxygens (including phenoxy) is 1. The van der Waals surface area contributed by atoms with E-state index in [0.717, 1.165) is 0 Å². The van der Waals surface area contributed by atoms with E-state index in [2.05, 4.69) is 20.3 Å². The second-order valence-electron chi connectivity index (χ2n) is 3.83. The predicted octanol–water partition coefficient (Wildman–Crippen LogP) is 2.33. The van der Waals surface area contributed by atoms with Crippen LogP contribution < -0.4 is 5.32 Å². The standard InChI is InChI=1S/C12H9Cl2N3O3S/c1-20-11(19)6-2-8(13)7(9(14)3-6)4-15-17-12-16-10(18)5-21-12/h2-4H,5H2,1H3,(H,16,17,18). The van der Waals surface area contributed by atoms with Gasteiger partial charge in [0, 0.05) is 5.56 Å². The van der Waals surface area contributed by atoms with Crippen molar-refractivity contribution in [3.8, 4) is 0 Å². The minimum atomic E-state index is -0.535. The fourth-order valence-corrected chi connectivity index (χ4v) is 2.68. The van der Waals surface area contributed by atoms with E-state index in [9.17, 15) is 9.59 Å². The Morgan fingerprint density at radius 1 is 1.43 bits per heavy atom. The summed E-state index contributed by atoms with van der Waals surface area (Å²) in [4.78, 5) is 22.4. The molecule has 9 heteroatoms. The smallest absolute Gasteiger partial charge is 0.337 e. The third-order valence-corrected chi connectivity index (χ3v) is 3.91. The number of hydrogen-bond donors (Lipinski definition) is 1. The number of methoxy groups -OCH3 is 1. The van der Waals surface area contributed by atoms with Crippen molar-refractivity contribution in [1.29, 1.82) is 0 Å². The molecule has 0 unspecified atom stereocenters. The maximum Gasteiger partial charge on any atom is 0.337 e. The van der Waals surface area contributed by atoms with Crippen LogP contribution >= 0.6 is 35.0 Å². The Hall–Kier alpha value is -1.57. The quantitative estimate of drug-likeness (QED) is 0.518. The van der Waals surface area contributed by atoms with Gasteiger partial charge in [0.2, 0.25) is 5.91 Å². The molecule has 1 aliphatic heterocycles. The molecule has 0 spiro atoms. The van der Waals surface area contributed by atoms with Crippen molar-refractivity contribution in [2.24, 2.45) is 10.2 Å². The molecule has 0 saturated carbocycles. The molecular weight excluding hydrogens is 337 g/mol. The molecule has 0 radical (unpaired) electrons. The van der Waals surface area contributed by atoms with E-state index in [-0.39, 0.29) is 21.5 Å². The Balaban J connectivity index is 2.21. The molecule has 1 amide bonds. The number of carbonyl (C=O) groups excluding carboxylic acids is 2. The fourth-order valence-electron chi connectivity index (χ4n) is 1.46. The van der Waals surface area contributed by atoms with E-state index in [1.54, 1.807) is 0 Å². The maximum atomic E-state index is 11.4. The minimum Gasteiger partial charge on any atom is -0.465 e. The molecule has 1 aromatic carbocycles. The van der Waals surface area contributed by atoms with E-state index in [0.29, 0.717) is 16.5 Å². The summed E-state index contributed by atoms with van der Waals surface area (Å²) in [6.45, 7) is 0. The first kappa shape index (κ1) is 15.8. The highest BCUT2D eigenvalue weighted by Crippen LogP contribution is 2.25. The molecule has 0 aromatic heterocycles. The molecule has 0 bridgehead atoms. The number of rotatable bonds is 3. The van der Waals surface area contributed by atoms with Gasteiger partial charge in [-0.1, -0.05) is 35.0 Å². The average Bonchev–Trinajstić information content (AvgIpc) is 2.86. The zero-order valence-corrected chi connectivity index (χ0v) is 13.1. The summed E-state index contributed by atoms with van der Waals surface area (Å²) in [6.07, 6.45) is 1.35. The molecular formula is C12H9Cl2N3O3S. The van der Waals surface area contributed by atoms with Crippen LogP contribution in [0.3, 0.4) is 0 Å². The monoisotopic (exact) mass is 345 g/mol. The van der Waals surface area contributed by atoms with Crippen LogP contribution in [-0.4, -0.2) is 36.1 Å². The summed E-state index contributed by atoms with van der Waals surface area (Å²) in [5.74, 6) is -0.330. The zero-order valence-electron chi connectivity index (χ0n) is 10.7. The topological polar surface area (TPSA) is 80.1 Å². The van der Waals surface area contributed by atoms with Crippen LogP contribution in [0, 0.1) is 0 Å². The van der Waals surface area contributed by atoms with E-state index in [1.165, 1.54) is 37.2 Å². The third kappa shape index (κ3) is 3.96. The Bertz CT molecular complexity index is 638. The Morgan fingerprint density at radius 2 is 2.10 bits per heavy atom. The van der Waals surface area contributed by atoms with Gasteiger partial charge in [0.25, 0.3) is 0 Å². The summed E-state index contributed by atoms with van der Waals surface area (Å²) >= 11 is 13.3. The van der Waals surface area contributed by atoms with E-state index >= 15 is 0 Å². The van der Waals surface area contributed by atoms with Gasteiger partial charge < -0.3 is 10.1 Å². The van der Waals surface area contributed by atoms with Crippen LogP contribution in [0.4, 0.5) is 0 Å². The van der Waals surface area contributed by atoms with E-state index < -0.39 is 5.97 Å². The number of nitrogens with zero attached hydrogens (tertiary/aromatic N) is 2. The van der Waals surface area contributed by atoms with Gasteiger partial charge >= 0.3 is 5.97 Å². The molecule has 1 heterocycles. The number of carbonyl (C=O) groups is 2. The first-order valence-electron chi connectivity index (χ1n) is 5.62. The highest BCUT2D eigenvalue weighted by molar-refractivity contribution is 8.15. The van der Waals surface area contributed by atoms with Gasteiger partial charge in [0.1, 0.15) is 0 Å². The maximum absolute atomic E-state index is 11.4. The van der Waals surface area contributed by atoms with E-state index in [4.69, 9.17) is 23.2 Å². The van der Waals surface area contributed by atoms with Crippen LogP contribution in [0.5, 0.6) is 0 Å². The number of thioether (sulfide) groups is 1. The molecule has 21 heavy (non-hydrogen) atoms. The van der Waals surface area contributed by atoms with E-state index in [1.807, 2.05) is 0 Å². The minimum absolute atomic E-state index is 0.118. The molecule has 2 rings (SSSR count). The van der Waals surface area contributed by atoms with Crippen molar-refractivity contribution in [3.63, 3.8) is 0 Å². The number of amidine groups is 1. The molecule has 1 aromatic rings. The lowest BCUT2D eigenvalue weighted by molar-refractivity contribution is -0.116. The molecule has 110 valence electrons. The first-order valence-corrected chi connectivity index (χ1v) is 7.36. The Morgan fingerprint density at radius 3 is 2.62 bits per heavy atom. The lowest BCUT2D eigenvalue weighted by Gasteiger charge is -2.04. The SMILES string of the molecule is COC(=O)c1cc(Cl)c(C=NN=C2NC(=O)CS2)c(Cl)c1. The highest BCUT2D eigenvalue weighted by atomic mass is 35.5. The Kier molecular flexibility index (Phi) is 5.22. The normalized spacial score (nSPS) is 16.5. The number of halogens is 2. The molecule has 1 fully saturated rings. The number of benzene rings is 1. The number of hydrogen-bond acceptors (Lipinski definition) is 6. The predicted molar refractivity (Wildman–Crippen MR) is 83.4 cm³/mol. The molecule has 6 nitrogen and oxygen atoms in total. The lowest BCUT2D eigenvalue weighted by Crippen LogP contribution is -2.19. The number of amides is 1. The summed E-state index contributed by atoms with van der Waals surface area (Å²) in [6, 6.07) is 2.86. The van der Waals surface area contributed by atoms with Crippen molar-refractivity contribution >= 4 is 58.2 Å². The third-order valence-electron chi connectivity index (χ3n) is 2.42. The lowest BCUT2D eigenvalue weighted by atomic mass is 10.1. The molecule has 0 aliphatic carbocycles. The first-order chi connectivity index (χ1) is 10.0. The van der Waals surface area contributed by atoms with Crippen LogP contribution in [0.15, 0.2) is 22.3 Å². The highest BCUT2D eigenvalue weighted by Gasteiger charge is 2.16. The largest absolute Gasteiger partial charge is 0.465 e. The molecule has 1 N–H and O–H groups in total. The van der Waals surface area contributed by atoms with Crippen LogP contribution in [0.25, 0.3) is 0 Å². The number of nitrogens with one attached hydrogen (secondary N) is 1. The van der Waals surface area contributed by atoms with Crippen molar-refractivity contribution in [3.05, 3.63) is 33.3 Å². The molecule has 1 saturated heterocycles. The summed E-state index contributed by atoms with van der Waals surface area (Å²) in [7, 11) is 1.27. The molecule has 0 atom stereocenters. The zero-order chi connectivity index (χ0) is 15.4. The van der Waals surface area contributed by atoms with Crippen molar-refractivity contribution in [1.82, 2.24) is 5.32 Å². The number of esters is 1. The second-order valence-corrected chi connectivity index (χ2v) is 5.61. The van der Waals surface area contributed by atoms with Gasteiger partial charge in [-0.3, -0.25) is 4.79 Å². The van der Waals surface area contributed by atoms with Crippen LogP contribution in [0.2, 0.25) is 10.0 Å². The Labute approximate surface area is 134 Å². The van der Waals surface area contributed by atoms with Crippen LogP contribution in [0.1, 0.15) is 15.9 Å². The summed E-state index contributed by atoms with van der Waals surface area (Å²) < 4.78 is 4.59. The van der Waals surface area contributed by atoms with Gasteiger partial charge in [0.15, 0.2) is 5.17 Å². The summed E-state index contributed by atoms with van der Waals surface area (Å²) in [5, 5.41) is 11.1. The van der Waals surface area contributed by atoms with Gasteiger partial charge in [-0.05, 0) is 12.1 Å². The van der Waals surface area contributed by atoms with Gasteiger partial charge in [0.05, 0.1) is 34.7 Å². The average molecular weight is 346 g/mol. The van der Waals surface area contributed by atoms with Crippen LogP contribution in [-0.2, 0) is 9.53 Å². The second kappa shape index (κ2) is 6.93. The van der Waals surface area contributed by atoms with Crippen molar-refractivity contribution in [2.75, 3.05) is 12.9 Å². The summed E-state index contributed by atoms with van der Waals surface area (Å²) in [5.41, 5.74) is 0.666. The van der Waals surface area contributed by atoms with Crippen molar-refractivity contribution < 1.29 is 14.3 Å². The van der Waals surface area contributed by atoms with Gasteiger partial charge in [-0.25, -0.2) is 4.79 Å². The fraction of sp³-hybridized carbons (Fsp3) is 0.167. The van der Waals surface area contributed by atoms with Gasteiger partial charge in [-0.2, -0.15) is 5.10 Å².